The number of nitrogens with two attached hydrogens (primary N) is 1. The number of rotatable bonds is 3. The topological polar surface area (TPSA) is 68.0 Å². The van der Waals surface area contributed by atoms with E-state index in [1.165, 1.54) is 19.3 Å². The van der Waals surface area contributed by atoms with E-state index in [1.807, 2.05) is 0 Å². The van der Waals surface area contributed by atoms with Crippen LogP contribution in [0.15, 0.2) is 18.3 Å². The first-order chi connectivity index (χ1) is 7.66. The van der Waals surface area contributed by atoms with Gasteiger partial charge in [0.1, 0.15) is 5.82 Å². The van der Waals surface area contributed by atoms with Crippen LogP contribution in [0.4, 0.5) is 5.82 Å². The van der Waals surface area contributed by atoms with Crippen LogP contribution in [0.3, 0.4) is 0 Å². The summed E-state index contributed by atoms with van der Waals surface area (Å²) in [5, 5.41) is 3.00. The van der Waals surface area contributed by atoms with E-state index in [0.29, 0.717) is 17.3 Å². The largest absolute Gasteiger partial charge is 0.384 e. The molecule has 1 aliphatic carbocycles. The first-order valence-corrected chi connectivity index (χ1v) is 5.69. The summed E-state index contributed by atoms with van der Waals surface area (Å²) in [5.74, 6) is 0.959. The molecule has 0 bridgehead atoms. The maximum atomic E-state index is 11.9. The highest BCUT2D eigenvalue weighted by Crippen LogP contribution is 2.29. The Morgan fingerprint density at radius 1 is 1.62 bits per heavy atom. The molecule has 1 fully saturated rings. The van der Waals surface area contributed by atoms with E-state index in [-0.39, 0.29) is 11.9 Å². The van der Waals surface area contributed by atoms with Crippen molar-refractivity contribution >= 4 is 11.7 Å². The van der Waals surface area contributed by atoms with Crippen LogP contribution in [0.2, 0.25) is 0 Å². The monoisotopic (exact) mass is 219 g/mol. The van der Waals surface area contributed by atoms with Gasteiger partial charge in [-0.1, -0.05) is 6.42 Å². The first kappa shape index (κ1) is 10.9. The van der Waals surface area contributed by atoms with Gasteiger partial charge in [0.15, 0.2) is 0 Å². The fourth-order valence-corrected chi connectivity index (χ4v) is 1.94. The van der Waals surface area contributed by atoms with E-state index in [2.05, 4.69) is 17.2 Å². The Morgan fingerprint density at radius 3 is 2.94 bits per heavy atom. The fraction of sp³-hybridized carbons (Fsp3) is 0.500. The minimum atomic E-state index is -0.0616. The molecule has 16 heavy (non-hydrogen) atoms. The molecule has 0 aliphatic heterocycles. The predicted molar refractivity (Wildman–Crippen MR) is 62.9 cm³/mol. The van der Waals surface area contributed by atoms with E-state index in [4.69, 9.17) is 5.73 Å². The van der Waals surface area contributed by atoms with E-state index >= 15 is 0 Å². The molecule has 0 radical (unpaired) electrons. The highest BCUT2D eigenvalue weighted by molar-refractivity contribution is 5.94. The van der Waals surface area contributed by atoms with Crippen molar-refractivity contribution in [3.63, 3.8) is 0 Å². The smallest absolute Gasteiger partial charge is 0.251 e. The molecule has 2 rings (SSSR count). The van der Waals surface area contributed by atoms with Gasteiger partial charge in [-0.25, -0.2) is 4.98 Å². The van der Waals surface area contributed by atoms with Gasteiger partial charge < -0.3 is 11.1 Å². The number of carbonyl (C=O) groups excluding carboxylic acids is 1. The van der Waals surface area contributed by atoms with Gasteiger partial charge >= 0.3 is 0 Å². The van der Waals surface area contributed by atoms with Crippen molar-refractivity contribution in [3.05, 3.63) is 23.9 Å². The number of aromatic nitrogens is 1. The molecule has 1 aromatic heterocycles. The second kappa shape index (κ2) is 4.51. The lowest BCUT2D eigenvalue weighted by Crippen LogP contribution is -2.40. The van der Waals surface area contributed by atoms with Crippen molar-refractivity contribution in [2.75, 3.05) is 5.73 Å². The fourth-order valence-electron chi connectivity index (χ4n) is 1.94. The highest BCUT2D eigenvalue weighted by atomic mass is 16.1. The summed E-state index contributed by atoms with van der Waals surface area (Å²) in [6.45, 7) is 2.06. The summed E-state index contributed by atoms with van der Waals surface area (Å²) in [7, 11) is 0. The highest BCUT2D eigenvalue weighted by Gasteiger charge is 2.25. The van der Waals surface area contributed by atoms with Gasteiger partial charge in [0.25, 0.3) is 5.91 Å². The number of hydrogen-bond donors (Lipinski definition) is 2. The summed E-state index contributed by atoms with van der Waals surface area (Å²) in [5.41, 5.74) is 6.12. The molecule has 86 valence electrons. The molecule has 1 saturated carbocycles. The number of nitrogens with one attached hydrogen (secondary N) is 1. The van der Waals surface area contributed by atoms with E-state index < -0.39 is 0 Å². The molecule has 0 saturated heterocycles. The van der Waals surface area contributed by atoms with Gasteiger partial charge in [-0.3, -0.25) is 4.79 Å². The van der Waals surface area contributed by atoms with Gasteiger partial charge in [0.2, 0.25) is 0 Å². The van der Waals surface area contributed by atoms with Crippen LogP contribution >= 0.6 is 0 Å². The Labute approximate surface area is 95.3 Å². The van der Waals surface area contributed by atoms with E-state index in [0.717, 1.165) is 0 Å². The van der Waals surface area contributed by atoms with Gasteiger partial charge in [-0.15, -0.1) is 0 Å². The molecule has 4 heteroatoms. The van der Waals surface area contributed by atoms with Crippen LogP contribution in [-0.2, 0) is 0 Å². The van der Waals surface area contributed by atoms with E-state index in [9.17, 15) is 4.79 Å². The Hall–Kier alpha value is -1.58. The molecule has 1 aromatic rings. The molecular formula is C12H17N3O. The number of anilines is 1. The van der Waals surface area contributed by atoms with Crippen LogP contribution < -0.4 is 11.1 Å². The Kier molecular flexibility index (Phi) is 3.08. The lowest BCUT2D eigenvalue weighted by molar-refractivity contribution is 0.0909. The molecule has 0 aromatic carbocycles. The van der Waals surface area contributed by atoms with Gasteiger partial charge in [0.05, 0.1) is 0 Å². The lowest BCUT2D eigenvalue weighted by atomic mass is 9.80. The Morgan fingerprint density at radius 2 is 2.38 bits per heavy atom. The number of amides is 1. The molecule has 1 amide bonds. The number of hydrogen-bond acceptors (Lipinski definition) is 3. The molecule has 1 atom stereocenters. The first-order valence-electron chi connectivity index (χ1n) is 5.69. The molecule has 1 aliphatic rings. The summed E-state index contributed by atoms with van der Waals surface area (Å²) < 4.78 is 0. The van der Waals surface area contributed by atoms with Crippen LogP contribution in [0, 0.1) is 5.92 Å². The second-order valence-electron chi connectivity index (χ2n) is 4.42. The van der Waals surface area contributed by atoms with E-state index in [1.54, 1.807) is 18.3 Å². The van der Waals surface area contributed by atoms with Crippen molar-refractivity contribution in [2.24, 2.45) is 5.92 Å². The zero-order chi connectivity index (χ0) is 11.5. The van der Waals surface area contributed by atoms with Crippen LogP contribution in [-0.4, -0.2) is 16.9 Å². The van der Waals surface area contributed by atoms with Crippen molar-refractivity contribution < 1.29 is 4.79 Å². The maximum Gasteiger partial charge on any atom is 0.251 e. The summed E-state index contributed by atoms with van der Waals surface area (Å²) in [4.78, 5) is 15.7. The van der Waals surface area contributed by atoms with Crippen LogP contribution in [0.5, 0.6) is 0 Å². The predicted octanol–water partition coefficient (Wildman–Crippen LogP) is 1.58. The van der Waals surface area contributed by atoms with Gasteiger partial charge in [-0.05, 0) is 37.8 Å². The lowest BCUT2D eigenvalue weighted by Gasteiger charge is -2.31. The third-order valence-corrected chi connectivity index (χ3v) is 3.26. The summed E-state index contributed by atoms with van der Waals surface area (Å²) >= 11 is 0. The molecule has 0 spiro atoms. The summed E-state index contributed by atoms with van der Waals surface area (Å²) in [6.07, 6.45) is 5.28. The average Bonchev–Trinajstić information content (AvgIpc) is 2.14. The molecular weight excluding hydrogens is 202 g/mol. The Bertz CT molecular complexity index is 388. The minimum Gasteiger partial charge on any atom is -0.384 e. The molecule has 3 N–H and O–H groups in total. The van der Waals surface area contributed by atoms with Gasteiger partial charge in [-0.2, -0.15) is 0 Å². The zero-order valence-corrected chi connectivity index (χ0v) is 9.44. The quantitative estimate of drug-likeness (QED) is 0.811. The third kappa shape index (κ3) is 2.32. The van der Waals surface area contributed by atoms with Crippen molar-refractivity contribution in [1.82, 2.24) is 10.3 Å². The maximum absolute atomic E-state index is 11.9. The van der Waals surface area contributed by atoms with Crippen molar-refractivity contribution in [1.29, 1.82) is 0 Å². The molecule has 4 nitrogen and oxygen atoms in total. The Balaban J connectivity index is 1.96. The normalized spacial score (nSPS) is 17.6. The zero-order valence-electron chi connectivity index (χ0n) is 9.44. The van der Waals surface area contributed by atoms with Gasteiger partial charge in [0, 0.05) is 17.8 Å². The molecule has 1 heterocycles. The number of nitrogens with zero attached hydrogens (tertiary/aromatic N) is 1. The third-order valence-electron chi connectivity index (χ3n) is 3.26. The van der Waals surface area contributed by atoms with Crippen molar-refractivity contribution in [3.8, 4) is 0 Å². The number of carbonyl (C=O) groups is 1. The SMILES string of the molecule is CC(NC(=O)c1ccnc(N)c1)C1CCC1. The van der Waals surface area contributed by atoms with Crippen molar-refractivity contribution in [2.45, 2.75) is 32.2 Å². The summed E-state index contributed by atoms with van der Waals surface area (Å²) in [6, 6.07) is 3.53. The van der Waals surface area contributed by atoms with Crippen LogP contribution in [0.1, 0.15) is 36.5 Å². The molecule has 1 unspecified atom stereocenters. The number of pyridine rings is 1. The number of nitrogen functional groups attached to an aromatic ring is 1. The minimum absolute atomic E-state index is 0.0616. The second-order valence-corrected chi connectivity index (χ2v) is 4.42. The standard InChI is InChI=1S/C12H17N3O/c1-8(9-3-2-4-9)15-12(16)10-5-6-14-11(13)7-10/h5-9H,2-4H2,1H3,(H2,13,14)(H,15,16). The van der Waals surface area contributed by atoms with Crippen LogP contribution in [0.25, 0.3) is 0 Å². The average molecular weight is 219 g/mol.